The lowest BCUT2D eigenvalue weighted by Gasteiger charge is -2.35. The molecule has 0 saturated carbocycles. The zero-order chi connectivity index (χ0) is 16.4. The molecule has 1 aliphatic heterocycles. The zero-order valence-corrected chi connectivity index (χ0v) is 13.6. The number of aromatic nitrogens is 2. The topological polar surface area (TPSA) is 61.4 Å². The Morgan fingerprint density at radius 3 is 2.75 bits per heavy atom. The third-order valence-electron chi connectivity index (χ3n) is 4.87. The minimum atomic E-state index is 0.0375. The Kier molecular flexibility index (Phi) is 4.02. The second-order valence-electron chi connectivity index (χ2n) is 6.28. The standard InChI is InChI=1S/C18H21N5O/c24-18(21-16-6-5-14-3-1-2-4-15(14)16)23-11-9-22(10-12-23)17-13-19-7-8-20-17/h1-4,7-8,13,16H,5-6,9-12H2,(H,21,24)/t16-/m0/s1. The summed E-state index contributed by atoms with van der Waals surface area (Å²) in [7, 11) is 0. The van der Waals surface area contributed by atoms with Crippen LogP contribution in [-0.4, -0.2) is 47.1 Å². The maximum Gasteiger partial charge on any atom is 0.318 e. The highest BCUT2D eigenvalue weighted by Gasteiger charge is 2.27. The summed E-state index contributed by atoms with van der Waals surface area (Å²) in [6.45, 7) is 2.98. The van der Waals surface area contributed by atoms with Crippen molar-refractivity contribution in [1.29, 1.82) is 0 Å². The van der Waals surface area contributed by atoms with Gasteiger partial charge in [-0.1, -0.05) is 24.3 Å². The van der Waals surface area contributed by atoms with Crippen LogP contribution in [0.3, 0.4) is 0 Å². The Hall–Kier alpha value is -2.63. The number of rotatable bonds is 2. The highest BCUT2D eigenvalue weighted by atomic mass is 16.2. The molecule has 1 N–H and O–H groups in total. The van der Waals surface area contributed by atoms with Gasteiger partial charge in [0, 0.05) is 38.6 Å². The molecule has 4 rings (SSSR count). The molecule has 1 aliphatic carbocycles. The van der Waals surface area contributed by atoms with Gasteiger partial charge in [0.25, 0.3) is 0 Å². The molecule has 1 aromatic carbocycles. The summed E-state index contributed by atoms with van der Waals surface area (Å²) < 4.78 is 0. The summed E-state index contributed by atoms with van der Waals surface area (Å²) >= 11 is 0. The fourth-order valence-electron chi connectivity index (χ4n) is 3.54. The first-order valence-corrected chi connectivity index (χ1v) is 8.45. The van der Waals surface area contributed by atoms with Gasteiger partial charge < -0.3 is 15.1 Å². The summed E-state index contributed by atoms with van der Waals surface area (Å²) in [5.41, 5.74) is 2.62. The molecular formula is C18H21N5O. The number of carbonyl (C=O) groups is 1. The number of carbonyl (C=O) groups excluding carboxylic acids is 1. The average molecular weight is 323 g/mol. The van der Waals surface area contributed by atoms with Crippen LogP contribution in [0.5, 0.6) is 0 Å². The second kappa shape index (κ2) is 6.47. The number of piperazine rings is 1. The van der Waals surface area contributed by atoms with Gasteiger partial charge in [0.2, 0.25) is 0 Å². The molecule has 0 spiro atoms. The minimum absolute atomic E-state index is 0.0375. The lowest BCUT2D eigenvalue weighted by molar-refractivity contribution is 0.190. The van der Waals surface area contributed by atoms with E-state index in [4.69, 9.17) is 0 Å². The summed E-state index contributed by atoms with van der Waals surface area (Å²) in [4.78, 5) is 25.1. The molecule has 0 radical (unpaired) electrons. The molecule has 24 heavy (non-hydrogen) atoms. The van der Waals surface area contributed by atoms with Gasteiger partial charge in [-0.15, -0.1) is 0 Å². The number of fused-ring (bicyclic) bond motifs is 1. The van der Waals surface area contributed by atoms with Gasteiger partial charge in [0.15, 0.2) is 0 Å². The van der Waals surface area contributed by atoms with Crippen LogP contribution in [-0.2, 0) is 6.42 Å². The number of urea groups is 1. The third kappa shape index (κ3) is 2.91. The van der Waals surface area contributed by atoms with Gasteiger partial charge in [0.1, 0.15) is 5.82 Å². The monoisotopic (exact) mass is 323 g/mol. The molecule has 0 bridgehead atoms. The van der Waals surface area contributed by atoms with E-state index in [0.717, 1.165) is 31.7 Å². The van der Waals surface area contributed by atoms with Crippen LogP contribution in [0.1, 0.15) is 23.6 Å². The van der Waals surface area contributed by atoms with Gasteiger partial charge in [0.05, 0.1) is 12.2 Å². The first-order valence-electron chi connectivity index (χ1n) is 8.45. The predicted molar refractivity (Wildman–Crippen MR) is 91.9 cm³/mol. The first kappa shape index (κ1) is 14.9. The molecule has 2 amide bonds. The molecule has 0 unspecified atom stereocenters. The van der Waals surface area contributed by atoms with Gasteiger partial charge >= 0.3 is 6.03 Å². The summed E-state index contributed by atoms with van der Waals surface area (Å²) in [5, 5.41) is 3.20. The summed E-state index contributed by atoms with van der Waals surface area (Å²) in [6, 6.07) is 8.57. The van der Waals surface area contributed by atoms with Crippen LogP contribution in [0.25, 0.3) is 0 Å². The zero-order valence-electron chi connectivity index (χ0n) is 13.6. The fraction of sp³-hybridized carbons (Fsp3) is 0.389. The summed E-state index contributed by atoms with van der Waals surface area (Å²) in [6.07, 6.45) is 7.18. The molecular weight excluding hydrogens is 302 g/mol. The Labute approximate surface area is 141 Å². The molecule has 1 saturated heterocycles. The third-order valence-corrected chi connectivity index (χ3v) is 4.87. The van der Waals surface area contributed by atoms with Crippen molar-refractivity contribution >= 4 is 11.8 Å². The van der Waals surface area contributed by atoms with Gasteiger partial charge in [-0.05, 0) is 24.0 Å². The number of anilines is 1. The van der Waals surface area contributed by atoms with E-state index in [-0.39, 0.29) is 12.1 Å². The lowest BCUT2D eigenvalue weighted by atomic mass is 10.1. The average Bonchev–Trinajstić information content (AvgIpc) is 3.06. The van der Waals surface area contributed by atoms with Crippen LogP contribution in [0.4, 0.5) is 10.6 Å². The largest absolute Gasteiger partial charge is 0.352 e. The maximum absolute atomic E-state index is 12.6. The number of hydrogen-bond acceptors (Lipinski definition) is 4. The molecule has 6 nitrogen and oxygen atoms in total. The molecule has 6 heteroatoms. The summed E-state index contributed by atoms with van der Waals surface area (Å²) in [5.74, 6) is 0.877. The maximum atomic E-state index is 12.6. The molecule has 1 fully saturated rings. The van der Waals surface area contributed by atoms with E-state index in [1.807, 2.05) is 11.0 Å². The van der Waals surface area contributed by atoms with Crippen molar-refractivity contribution in [2.45, 2.75) is 18.9 Å². The predicted octanol–water partition coefficient (Wildman–Crippen LogP) is 2.00. The van der Waals surface area contributed by atoms with Gasteiger partial charge in [-0.2, -0.15) is 0 Å². The number of hydrogen-bond donors (Lipinski definition) is 1. The van der Waals surface area contributed by atoms with Crippen molar-refractivity contribution in [3.8, 4) is 0 Å². The second-order valence-corrected chi connectivity index (χ2v) is 6.28. The van der Waals surface area contributed by atoms with E-state index in [0.29, 0.717) is 13.1 Å². The van der Waals surface area contributed by atoms with Crippen LogP contribution >= 0.6 is 0 Å². The van der Waals surface area contributed by atoms with E-state index < -0.39 is 0 Å². The van der Waals surface area contributed by atoms with Crippen LogP contribution in [0.2, 0.25) is 0 Å². The number of amides is 2. The fourth-order valence-corrected chi connectivity index (χ4v) is 3.54. The highest BCUT2D eigenvalue weighted by Crippen LogP contribution is 2.30. The Morgan fingerprint density at radius 1 is 1.12 bits per heavy atom. The van der Waals surface area contributed by atoms with E-state index in [1.165, 1.54) is 11.1 Å². The number of nitrogens with zero attached hydrogens (tertiary/aromatic N) is 4. The van der Waals surface area contributed by atoms with Crippen LogP contribution in [0, 0.1) is 0 Å². The van der Waals surface area contributed by atoms with E-state index in [9.17, 15) is 4.79 Å². The van der Waals surface area contributed by atoms with Gasteiger partial charge in [-0.25, -0.2) is 9.78 Å². The normalized spacial score (nSPS) is 19.9. The quantitative estimate of drug-likeness (QED) is 0.918. The lowest BCUT2D eigenvalue weighted by Crippen LogP contribution is -2.52. The van der Waals surface area contributed by atoms with E-state index in [1.54, 1.807) is 18.6 Å². The highest BCUT2D eigenvalue weighted by molar-refractivity contribution is 5.75. The molecule has 2 aliphatic rings. The van der Waals surface area contributed by atoms with Gasteiger partial charge in [-0.3, -0.25) is 4.98 Å². The molecule has 1 atom stereocenters. The minimum Gasteiger partial charge on any atom is -0.352 e. The number of nitrogens with one attached hydrogen (secondary N) is 1. The smallest absolute Gasteiger partial charge is 0.318 e. The molecule has 124 valence electrons. The van der Waals surface area contributed by atoms with Crippen LogP contribution in [0.15, 0.2) is 42.9 Å². The SMILES string of the molecule is O=C(N[C@H]1CCc2ccccc21)N1CCN(c2cnccn2)CC1. The molecule has 1 aromatic heterocycles. The van der Waals surface area contributed by atoms with E-state index >= 15 is 0 Å². The van der Waals surface area contributed by atoms with Crippen molar-refractivity contribution in [2.75, 3.05) is 31.1 Å². The first-order chi connectivity index (χ1) is 11.8. The Bertz CT molecular complexity index is 712. The Morgan fingerprint density at radius 2 is 1.96 bits per heavy atom. The Balaban J connectivity index is 1.34. The van der Waals surface area contributed by atoms with Crippen LogP contribution < -0.4 is 10.2 Å². The molecule has 2 heterocycles. The number of benzene rings is 1. The van der Waals surface area contributed by atoms with Crippen molar-refractivity contribution < 1.29 is 4.79 Å². The van der Waals surface area contributed by atoms with Crippen molar-refractivity contribution in [3.63, 3.8) is 0 Å². The van der Waals surface area contributed by atoms with E-state index in [2.05, 4.69) is 38.4 Å². The van der Waals surface area contributed by atoms with Crippen molar-refractivity contribution in [2.24, 2.45) is 0 Å². The number of aryl methyl sites for hydroxylation is 1. The van der Waals surface area contributed by atoms with Crippen molar-refractivity contribution in [1.82, 2.24) is 20.2 Å². The van der Waals surface area contributed by atoms with Crippen molar-refractivity contribution in [3.05, 3.63) is 54.0 Å². The molecule has 2 aromatic rings.